The second-order valence-corrected chi connectivity index (χ2v) is 6.86. The first-order valence-corrected chi connectivity index (χ1v) is 9.83. The number of hydrogen-bond donors (Lipinski definition) is 1. The minimum absolute atomic E-state index is 0.0477. The monoisotopic (exact) mass is 378 g/mol. The quantitative estimate of drug-likeness (QED) is 0.469. The topological polar surface area (TPSA) is 51.2 Å². The molecule has 0 aliphatic carbocycles. The highest BCUT2D eigenvalue weighted by Gasteiger charge is 2.06. The van der Waals surface area contributed by atoms with Crippen molar-refractivity contribution in [3.8, 4) is 5.75 Å². The number of pyridine rings is 1. The zero-order chi connectivity index (χ0) is 20.2. The maximum absolute atomic E-state index is 12.2. The van der Waals surface area contributed by atoms with Gasteiger partial charge in [0.05, 0.1) is 7.11 Å². The van der Waals surface area contributed by atoms with Gasteiger partial charge in [0.15, 0.2) is 0 Å². The van der Waals surface area contributed by atoms with Crippen molar-refractivity contribution in [2.75, 3.05) is 7.11 Å². The lowest BCUT2D eigenvalue weighted by Crippen LogP contribution is -2.32. The van der Waals surface area contributed by atoms with Gasteiger partial charge in [-0.1, -0.05) is 43.7 Å². The maximum atomic E-state index is 12.2. The average molecular weight is 379 g/mol. The van der Waals surface area contributed by atoms with Crippen LogP contribution in [0.2, 0.25) is 0 Å². The molecule has 0 saturated heterocycles. The van der Waals surface area contributed by atoms with Gasteiger partial charge >= 0.3 is 0 Å². The van der Waals surface area contributed by atoms with Crippen molar-refractivity contribution in [2.45, 2.75) is 45.6 Å². The minimum Gasteiger partial charge on any atom is -0.497 e. The van der Waals surface area contributed by atoms with Crippen molar-refractivity contribution in [3.63, 3.8) is 0 Å². The van der Waals surface area contributed by atoms with Gasteiger partial charge in [0.1, 0.15) is 5.75 Å². The summed E-state index contributed by atoms with van der Waals surface area (Å²) >= 11 is 0. The number of aromatic nitrogens is 1. The Bertz CT molecular complexity index is 780. The highest BCUT2D eigenvalue weighted by atomic mass is 16.5. The molecule has 2 rings (SSSR count). The third kappa shape index (κ3) is 7.39. The second-order valence-electron chi connectivity index (χ2n) is 6.86. The van der Waals surface area contributed by atoms with Crippen LogP contribution in [0, 0.1) is 0 Å². The Morgan fingerprint density at radius 2 is 2.04 bits per heavy atom. The standard InChI is InChI=1S/C24H30N2O2/c1-4-5-9-21(22-12-14-23(28-3)15-13-22)10-6-11-24(27)26-19(2)17-20-8-7-16-25-18-20/h6-8,10-16,18-19H,4-5,9,17H2,1-3H3,(H,26,27)/t19-/m1/s1. The summed E-state index contributed by atoms with van der Waals surface area (Å²) in [6, 6.07) is 12.0. The van der Waals surface area contributed by atoms with Crippen LogP contribution in [0.25, 0.3) is 5.57 Å². The summed E-state index contributed by atoms with van der Waals surface area (Å²) in [5.41, 5.74) is 3.49. The van der Waals surface area contributed by atoms with Crippen molar-refractivity contribution < 1.29 is 9.53 Å². The maximum Gasteiger partial charge on any atom is 0.244 e. The number of rotatable bonds is 10. The van der Waals surface area contributed by atoms with Gasteiger partial charge in [-0.05, 0) is 61.1 Å². The fourth-order valence-electron chi connectivity index (χ4n) is 2.96. The number of benzene rings is 1. The van der Waals surface area contributed by atoms with E-state index < -0.39 is 0 Å². The Balaban J connectivity index is 1.97. The number of ether oxygens (including phenoxy) is 1. The van der Waals surface area contributed by atoms with Crippen LogP contribution in [0.3, 0.4) is 0 Å². The molecule has 1 aromatic carbocycles. The molecule has 28 heavy (non-hydrogen) atoms. The van der Waals surface area contributed by atoms with Crippen LogP contribution < -0.4 is 10.1 Å². The van der Waals surface area contributed by atoms with E-state index in [2.05, 4.69) is 29.4 Å². The number of nitrogens with zero attached hydrogens (tertiary/aromatic N) is 1. The fraction of sp³-hybridized carbons (Fsp3) is 0.333. The molecule has 0 aliphatic heterocycles. The van der Waals surface area contributed by atoms with E-state index >= 15 is 0 Å². The molecular weight excluding hydrogens is 348 g/mol. The minimum atomic E-state index is -0.0859. The molecule has 0 spiro atoms. The third-order valence-electron chi connectivity index (χ3n) is 4.46. The summed E-state index contributed by atoms with van der Waals surface area (Å²) in [5, 5.41) is 3.00. The Morgan fingerprint density at radius 1 is 1.25 bits per heavy atom. The van der Waals surface area contributed by atoms with Gasteiger partial charge in [0.25, 0.3) is 0 Å². The average Bonchev–Trinajstić information content (AvgIpc) is 2.71. The van der Waals surface area contributed by atoms with E-state index in [9.17, 15) is 4.79 Å². The summed E-state index contributed by atoms with van der Waals surface area (Å²) in [7, 11) is 1.67. The lowest BCUT2D eigenvalue weighted by molar-refractivity contribution is -0.117. The van der Waals surface area contributed by atoms with Gasteiger partial charge < -0.3 is 10.1 Å². The van der Waals surface area contributed by atoms with Crippen LogP contribution in [0.5, 0.6) is 5.75 Å². The molecule has 148 valence electrons. The Labute approximate surface area is 168 Å². The first kappa shape index (κ1) is 21.4. The zero-order valence-electron chi connectivity index (χ0n) is 17.0. The van der Waals surface area contributed by atoms with Crippen molar-refractivity contribution in [3.05, 3.63) is 78.1 Å². The van der Waals surface area contributed by atoms with Crippen LogP contribution in [0.15, 0.2) is 67.0 Å². The highest BCUT2D eigenvalue weighted by molar-refractivity contribution is 5.88. The number of carbonyl (C=O) groups is 1. The molecule has 4 nitrogen and oxygen atoms in total. The molecule has 1 atom stereocenters. The van der Waals surface area contributed by atoms with E-state index in [1.54, 1.807) is 19.4 Å². The van der Waals surface area contributed by atoms with Gasteiger partial charge in [-0.25, -0.2) is 0 Å². The molecule has 4 heteroatoms. The molecule has 1 aromatic heterocycles. The Kier molecular flexibility index (Phi) is 8.99. The van der Waals surface area contributed by atoms with Crippen LogP contribution in [0.1, 0.15) is 44.2 Å². The number of methoxy groups -OCH3 is 1. The fourth-order valence-corrected chi connectivity index (χ4v) is 2.96. The highest BCUT2D eigenvalue weighted by Crippen LogP contribution is 2.23. The van der Waals surface area contributed by atoms with Gasteiger partial charge in [-0.3, -0.25) is 9.78 Å². The molecule has 0 radical (unpaired) electrons. The Hall–Kier alpha value is -2.88. The van der Waals surface area contributed by atoms with Gasteiger partial charge in [0.2, 0.25) is 5.91 Å². The van der Waals surface area contributed by atoms with Crippen LogP contribution in [-0.4, -0.2) is 24.0 Å². The molecule has 0 fully saturated rings. The van der Waals surface area contributed by atoms with Crippen molar-refractivity contribution in [1.82, 2.24) is 10.3 Å². The summed E-state index contributed by atoms with van der Waals surface area (Å²) in [6.45, 7) is 4.18. The van der Waals surface area contributed by atoms with Gasteiger partial charge in [-0.2, -0.15) is 0 Å². The summed E-state index contributed by atoms with van der Waals surface area (Å²) < 4.78 is 5.23. The van der Waals surface area contributed by atoms with E-state index in [0.717, 1.165) is 42.6 Å². The molecule has 1 heterocycles. The smallest absolute Gasteiger partial charge is 0.244 e. The van der Waals surface area contributed by atoms with Gasteiger partial charge in [-0.15, -0.1) is 0 Å². The van der Waals surface area contributed by atoms with E-state index in [4.69, 9.17) is 4.74 Å². The number of amides is 1. The van der Waals surface area contributed by atoms with E-state index in [1.165, 1.54) is 5.57 Å². The molecule has 1 amide bonds. The summed E-state index contributed by atoms with van der Waals surface area (Å²) in [5.74, 6) is 0.758. The lowest BCUT2D eigenvalue weighted by atomic mass is 9.99. The molecule has 0 bridgehead atoms. The molecule has 1 N–H and O–H groups in total. The predicted molar refractivity (Wildman–Crippen MR) is 115 cm³/mol. The Morgan fingerprint density at radius 3 is 2.68 bits per heavy atom. The van der Waals surface area contributed by atoms with Gasteiger partial charge in [0, 0.05) is 24.5 Å². The largest absolute Gasteiger partial charge is 0.497 e. The molecule has 0 aliphatic rings. The predicted octanol–water partition coefficient (Wildman–Crippen LogP) is 4.97. The third-order valence-corrected chi connectivity index (χ3v) is 4.46. The lowest BCUT2D eigenvalue weighted by Gasteiger charge is -2.12. The van der Waals surface area contributed by atoms with Crippen molar-refractivity contribution in [1.29, 1.82) is 0 Å². The van der Waals surface area contributed by atoms with E-state index in [0.29, 0.717) is 0 Å². The number of allylic oxidation sites excluding steroid dienone is 3. The molecular formula is C24H30N2O2. The van der Waals surface area contributed by atoms with Crippen LogP contribution in [-0.2, 0) is 11.2 Å². The number of carbonyl (C=O) groups excluding carboxylic acids is 1. The number of unbranched alkanes of at least 4 members (excludes halogenated alkanes) is 1. The number of hydrogen-bond acceptors (Lipinski definition) is 3. The SMILES string of the molecule is CCCCC(=CC=CC(=O)N[C@H](C)Cc1cccnc1)c1ccc(OC)cc1. The zero-order valence-corrected chi connectivity index (χ0v) is 17.0. The van der Waals surface area contributed by atoms with Crippen molar-refractivity contribution >= 4 is 11.5 Å². The summed E-state index contributed by atoms with van der Waals surface area (Å²) in [4.78, 5) is 16.3. The first-order chi connectivity index (χ1) is 13.6. The van der Waals surface area contributed by atoms with Crippen LogP contribution >= 0.6 is 0 Å². The molecule has 2 aromatic rings. The van der Waals surface area contributed by atoms with Crippen molar-refractivity contribution in [2.24, 2.45) is 0 Å². The number of nitrogens with one attached hydrogen (secondary N) is 1. The molecule has 0 unspecified atom stereocenters. The van der Waals surface area contributed by atoms with Crippen LogP contribution in [0.4, 0.5) is 0 Å². The van der Waals surface area contributed by atoms with E-state index in [-0.39, 0.29) is 11.9 Å². The molecule has 0 saturated carbocycles. The normalized spacial score (nSPS) is 12.8. The second kappa shape index (κ2) is 11.8. The summed E-state index contributed by atoms with van der Waals surface area (Å²) in [6.07, 6.45) is 13.0. The van der Waals surface area contributed by atoms with E-state index in [1.807, 2.05) is 49.5 Å². The first-order valence-electron chi connectivity index (χ1n) is 9.83.